The van der Waals surface area contributed by atoms with Gasteiger partial charge in [-0.3, -0.25) is 0 Å². The minimum absolute atomic E-state index is 0.00463. The summed E-state index contributed by atoms with van der Waals surface area (Å²) in [6.45, 7) is -0.422. The van der Waals surface area contributed by atoms with Crippen LogP contribution in [-0.2, 0) is 0 Å². The molecule has 4 heteroatoms. The summed E-state index contributed by atoms with van der Waals surface area (Å²) in [4.78, 5) is 0. The molecule has 0 rings (SSSR count). The van der Waals surface area contributed by atoms with E-state index in [2.05, 4.69) is 0 Å². The minimum Gasteiger partial charge on any atom is -0.515 e. The molecule has 0 bridgehead atoms. The van der Waals surface area contributed by atoms with Crippen molar-refractivity contribution in [2.45, 2.75) is 6.23 Å². The maximum Gasteiger partial charge on any atom is 0.130 e. The first-order valence-electron chi connectivity index (χ1n) is 2.10. The lowest BCUT2D eigenvalue weighted by Gasteiger charge is -2.02. The van der Waals surface area contributed by atoms with Gasteiger partial charge >= 0.3 is 0 Å². The predicted molar refractivity (Wildman–Crippen MR) is 28.0 cm³/mol. The predicted octanol–water partition coefficient (Wildman–Crippen LogP) is -1.30. The lowest BCUT2D eigenvalue weighted by atomic mass is 10.3. The number of nitrogens with two attached hydrogens (primary N) is 1. The van der Waals surface area contributed by atoms with Crippen LogP contribution in [0, 0.1) is 0 Å². The Hall–Kier alpha value is -0.580. The first-order valence-corrected chi connectivity index (χ1v) is 2.10. The van der Waals surface area contributed by atoms with E-state index in [0.717, 1.165) is 0 Å². The Morgan fingerprint density at radius 1 is 1.75 bits per heavy atom. The van der Waals surface area contributed by atoms with E-state index in [9.17, 15) is 0 Å². The standard InChI is InChI=1S/C4H9NO3/c5-4(8)3(1-6)2-7/h1,4,6-8H,2,5H2/b3-1+. The summed E-state index contributed by atoms with van der Waals surface area (Å²) in [5.41, 5.74) is 4.83. The Kier molecular flexibility index (Phi) is 3.18. The molecule has 0 saturated heterocycles. The van der Waals surface area contributed by atoms with Gasteiger partial charge in [0.1, 0.15) is 6.23 Å². The molecule has 8 heavy (non-hydrogen) atoms. The fourth-order valence-electron chi connectivity index (χ4n) is 0.211. The summed E-state index contributed by atoms with van der Waals surface area (Å²) in [7, 11) is 0. The molecule has 0 aliphatic heterocycles. The summed E-state index contributed by atoms with van der Waals surface area (Å²) in [6, 6.07) is 0. The fourth-order valence-corrected chi connectivity index (χ4v) is 0.211. The minimum atomic E-state index is -1.26. The van der Waals surface area contributed by atoms with Crippen LogP contribution in [0.15, 0.2) is 11.8 Å². The van der Waals surface area contributed by atoms with Gasteiger partial charge in [0.25, 0.3) is 0 Å². The molecule has 0 aromatic carbocycles. The van der Waals surface area contributed by atoms with Crippen LogP contribution in [-0.4, -0.2) is 28.2 Å². The first-order chi connectivity index (χ1) is 3.72. The molecule has 0 aromatic heterocycles. The Morgan fingerprint density at radius 3 is 2.25 bits per heavy atom. The van der Waals surface area contributed by atoms with Gasteiger partial charge in [-0.2, -0.15) is 0 Å². The van der Waals surface area contributed by atoms with Gasteiger partial charge < -0.3 is 21.1 Å². The highest BCUT2D eigenvalue weighted by molar-refractivity contribution is 5.01. The van der Waals surface area contributed by atoms with Crippen LogP contribution in [0.5, 0.6) is 0 Å². The molecular formula is C4H9NO3. The Labute approximate surface area is 46.9 Å². The van der Waals surface area contributed by atoms with E-state index in [-0.39, 0.29) is 5.57 Å². The smallest absolute Gasteiger partial charge is 0.130 e. The van der Waals surface area contributed by atoms with Crippen LogP contribution in [0.25, 0.3) is 0 Å². The zero-order valence-electron chi connectivity index (χ0n) is 4.28. The van der Waals surface area contributed by atoms with Gasteiger partial charge in [-0.05, 0) is 0 Å². The summed E-state index contributed by atoms with van der Waals surface area (Å²) < 4.78 is 0. The third kappa shape index (κ3) is 1.92. The van der Waals surface area contributed by atoms with Crippen molar-refractivity contribution in [2.75, 3.05) is 6.61 Å². The molecule has 4 nitrogen and oxygen atoms in total. The average molecular weight is 119 g/mol. The van der Waals surface area contributed by atoms with E-state index in [1.54, 1.807) is 0 Å². The van der Waals surface area contributed by atoms with Gasteiger partial charge in [-0.15, -0.1) is 0 Å². The third-order valence-corrected chi connectivity index (χ3v) is 0.728. The van der Waals surface area contributed by atoms with Crippen molar-refractivity contribution in [3.8, 4) is 0 Å². The van der Waals surface area contributed by atoms with Crippen molar-refractivity contribution in [1.29, 1.82) is 0 Å². The van der Waals surface area contributed by atoms with E-state index in [4.69, 9.17) is 21.1 Å². The second-order valence-corrected chi connectivity index (χ2v) is 1.31. The first kappa shape index (κ1) is 7.42. The molecule has 48 valence electrons. The topological polar surface area (TPSA) is 86.7 Å². The zero-order valence-corrected chi connectivity index (χ0v) is 4.28. The molecular weight excluding hydrogens is 110 g/mol. The van der Waals surface area contributed by atoms with Crippen molar-refractivity contribution in [3.63, 3.8) is 0 Å². The lowest BCUT2D eigenvalue weighted by Crippen LogP contribution is -2.23. The summed E-state index contributed by atoms with van der Waals surface area (Å²) in [5, 5.41) is 24.8. The van der Waals surface area contributed by atoms with Crippen molar-refractivity contribution in [1.82, 2.24) is 0 Å². The van der Waals surface area contributed by atoms with Crippen LogP contribution in [0.3, 0.4) is 0 Å². The van der Waals surface area contributed by atoms with E-state index in [1.165, 1.54) is 0 Å². The average Bonchev–Trinajstić information content (AvgIpc) is 1.69. The van der Waals surface area contributed by atoms with Crippen molar-refractivity contribution in [2.24, 2.45) is 5.73 Å². The van der Waals surface area contributed by atoms with E-state index in [0.29, 0.717) is 6.26 Å². The summed E-state index contributed by atoms with van der Waals surface area (Å²) in [6.07, 6.45) is -0.671. The maximum atomic E-state index is 8.40. The highest BCUT2D eigenvalue weighted by atomic mass is 16.3. The van der Waals surface area contributed by atoms with Gasteiger partial charge in [0.15, 0.2) is 0 Å². The zero-order chi connectivity index (χ0) is 6.57. The molecule has 0 fully saturated rings. The Bertz CT molecular complexity index is 89.3. The molecule has 0 heterocycles. The number of rotatable bonds is 2. The number of hydrogen-bond acceptors (Lipinski definition) is 4. The molecule has 0 aliphatic rings. The Balaban J connectivity index is 3.72. The van der Waals surface area contributed by atoms with Crippen LogP contribution in [0.2, 0.25) is 0 Å². The van der Waals surface area contributed by atoms with Crippen LogP contribution in [0.4, 0.5) is 0 Å². The lowest BCUT2D eigenvalue weighted by molar-refractivity contribution is 0.188. The third-order valence-electron chi connectivity index (χ3n) is 0.728. The Morgan fingerprint density at radius 2 is 2.25 bits per heavy atom. The van der Waals surface area contributed by atoms with Crippen LogP contribution < -0.4 is 5.73 Å². The molecule has 0 aliphatic carbocycles. The van der Waals surface area contributed by atoms with Crippen molar-refractivity contribution < 1.29 is 15.3 Å². The molecule has 5 N–H and O–H groups in total. The summed E-state index contributed by atoms with van der Waals surface area (Å²) in [5.74, 6) is 0. The maximum absolute atomic E-state index is 8.40. The van der Waals surface area contributed by atoms with E-state index in [1.807, 2.05) is 0 Å². The monoisotopic (exact) mass is 119 g/mol. The van der Waals surface area contributed by atoms with Gasteiger partial charge in [-0.25, -0.2) is 0 Å². The fraction of sp³-hybridized carbons (Fsp3) is 0.500. The molecule has 0 saturated carbocycles. The molecule has 0 spiro atoms. The second kappa shape index (κ2) is 3.43. The number of aliphatic hydroxyl groups is 3. The van der Waals surface area contributed by atoms with Crippen molar-refractivity contribution in [3.05, 3.63) is 11.8 Å². The van der Waals surface area contributed by atoms with Gasteiger partial charge in [0.2, 0.25) is 0 Å². The quantitative estimate of drug-likeness (QED) is 0.269. The van der Waals surface area contributed by atoms with E-state index < -0.39 is 12.8 Å². The van der Waals surface area contributed by atoms with Gasteiger partial charge in [-0.1, -0.05) is 0 Å². The largest absolute Gasteiger partial charge is 0.515 e. The molecule has 1 atom stereocenters. The molecule has 1 unspecified atom stereocenters. The SMILES string of the molecule is NC(O)/C(=C/O)CO. The summed E-state index contributed by atoms with van der Waals surface area (Å²) >= 11 is 0. The van der Waals surface area contributed by atoms with Crippen molar-refractivity contribution >= 4 is 0 Å². The normalized spacial score (nSPS) is 16.1. The molecule has 0 radical (unpaired) electrons. The molecule has 0 amide bonds. The van der Waals surface area contributed by atoms with Crippen LogP contribution >= 0.6 is 0 Å². The highest BCUT2D eigenvalue weighted by Gasteiger charge is 2.01. The van der Waals surface area contributed by atoms with Gasteiger partial charge in [0.05, 0.1) is 12.9 Å². The number of aliphatic hydroxyl groups excluding tert-OH is 3. The number of hydrogen-bond donors (Lipinski definition) is 4. The highest BCUT2D eigenvalue weighted by Crippen LogP contribution is 1.91. The van der Waals surface area contributed by atoms with E-state index >= 15 is 0 Å². The van der Waals surface area contributed by atoms with Gasteiger partial charge in [0, 0.05) is 5.57 Å². The second-order valence-electron chi connectivity index (χ2n) is 1.31. The van der Waals surface area contributed by atoms with Crippen LogP contribution in [0.1, 0.15) is 0 Å². The molecule has 0 aromatic rings.